The minimum atomic E-state index is -0.324. The van der Waals surface area contributed by atoms with E-state index in [0.717, 1.165) is 15.4 Å². The van der Waals surface area contributed by atoms with E-state index in [1.807, 2.05) is 24.3 Å². The van der Waals surface area contributed by atoms with E-state index in [-0.39, 0.29) is 18.3 Å². The molecule has 0 saturated carbocycles. The first-order chi connectivity index (χ1) is 10.1. The Bertz CT molecular complexity index is 813. The standard InChI is InChI=1S/C16H12BrFN2O/c17-14-6-5-11(18)7-10(14)8-20-16(21)13-9-19-15-4-2-1-3-12(13)15/h1-7,9,19H,8H2,(H,20,21). The number of halogens is 2. The van der Waals surface area contributed by atoms with Crippen molar-refractivity contribution in [3.05, 3.63) is 70.1 Å². The van der Waals surface area contributed by atoms with Gasteiger partial charge in [-0.15, -0.1) is 0 Å². The summed E-state index contributed by atoms with van der Waals surface area (Å²) >= 11 is 3.34. The quantitative estimate of drug-likeness (QED) is 0.739. The molecule has 1 heterocycles. The first kappa shape index (κ1) is 13.8. The van der Waals surface area contributed by atoms with E-state index in [4.69, 9.17) is 0 Å². The Morgan fingerprint density at radius 3 is 2.90 bits per heavy atom. The Morgan fingerprint density at radius 1 is 1.24 bits per heavy atom. The lowest BCUT2D eigenvalue weighted by molar-refractivity contribution is 0.0952. The lowest BCUT2D eigenvalue weighted by atomic mass is 10.1. The van der Waals surface area contributed by atoms with Crippen LogP contribution in [0, 0.1) is 5.82 Å². The Morgan fingerprint density at radius 2 is 2.05 bits per heavy atom. The highest BCUT2D eigenvalue weighted by Crippen LogP contribution is 2.19. The van der Waals surface area contributed by atoms with Crippen molar-refractivity contribution in [2.75, 3.05) is 0 Å². The van der Waals surface area contributed by atoms with Crippen molar-refractivity contribution >= 4 is 32.7 Å². The van der Waals surface area contributed by atoms with Gasteiger partial charge >= 0.3 is 0 Å². The van der Waals surface area contributed by atoms with Crippen LogP contribution in [0.4, 0.5) is 4.39 Å². The SMILES string of the molecule is O=C(NCc1cc(F)ccc1Br)c1c[nH]c2ccccc12. The van der Waals surface area contributed by atoms with Gasteiger partial charge in [0.15, 0.2) is 0 Å². The second-order valence-corrected chi connectivity index (χ2v) is 5.52. The Balaban J connectivity index is 1.79. The molecule has 0 fully saturated rings. The van der Waals surface area contributed by atoms with Gasteiger partial charge in [-0.25, -0.2) is 4.39 Å². The topological polar surface area (TPSA) is 44.9 Å². The van der Waals surface area contributed by atoms with Gasteiger partial charge in [0.1, 0.15) is 5.82 Å². The van der Waals surface area contributed by atoms with Gasteiger partial charge in [0.05, 0.1) is 5.56 Å². The molecule has 0 spiro atoms. The molecule has 0 aliphatic rings. The number of carbonyl (C=O) groups excluding carboxylic acids is 1. The van der Waals surface area contributed by atoms with Gasteiger partial charge in [-0.3, -0.25) is 4.79 Å². The van der Waals surface area contributed by atoms with Crippen LogP contribution in [0.2, 0.25) is 0 Å². The van der Waals surface area contributed by atoms with Gasteiger partial charge in [0.25, 0.3) is 5.91 Å². The molecule has 0 radical (unpaired) electrons. The fraction of sp³-hybridized carbons (Fsp3) is 0.0625. The molecule has 2 aromatic carbocycles. The molecule has 1 aromatic heterocycles. The summed E-state index contributed by atoms with van der Waals surface area (Å²) in [6, 6.07) is 12.0. The summed E-state index contributed by atoms with van der Waals surface area (Å²) < 4.78 is 14.0. The first-order valence-corrected chi connectivity index (χ1v) is 7.22. The average molecular weight is 347 g/mol. The maximum absolute atomic E-state index is 13.2. The van der Waals surface area contributed by atoms with Gasteiger partial charge in [-0.2, -0.15) is 0 Å². The molecule has 2 N–H and O–H groups in total. The van der Waals surface area contributed by atoms with Crippen LogP contribution in [-0.2, 0) is 6.54 Å². The summed E-state index contributed by atoms with van der Waals surface area (Å²) in [4.78, 5) is 15.3. The summed E-state index contributed by atoms with van der Waals surface area (Å²) in [6.07, 6.45) is 1.68. The number of aromatic amines is 1. The number of hydrogen-bond donors (Lipinski definition) is 2. The molecule has 3 nitrogen and oxygen atoms in total. The van der Waals surface area contributed by atoms with Crippen LogP contribution in [-0.4, -0.2) is 10.9 Å². The molecule has 106 valence electrons. The monoisotopic (exact) mass is 346 g/mol. The third-order valence-electron chi connectivity index (χ3n) is 3.28. The molecule has 0 saturated heterocycles. The van der Waals surface area contributed by atoms with Crippen molar-refractivity contribution in [1.82, 2.24) is 10.3 Å². The zero-order valence-electron chi connectivity index (χ0n) is 11.0. The zero-order chi connectivity index (χ0) is 14.8. The van der Waals surface area contributed by atoms with Gasteiger partial charge in [0.2, 0.25) is 0 Å². The molecule has 0 atom stereocenters. The fourth-order valence-electron chi connectivity index (χ4n) is 2.21. The Labute approximate surface area is 129 Å². The molecule has 0 bridgehead atoms. The number of nitrogens with one attached hydrogen (secondary N) is 2. The van der Waals surface area contributed by atoms with E-state index in [1.54, 1.807) is 12.3 Å². The Hall–Kier alpha value is -2.14. The van der Waals surface area contributed by atoms with Crippen LogP contribution < -0.4 is 5.32 Å². The second-order valence-electron chi connectivity index (χ2n) is 4.67. The van der Waals surface area contributed by atoms with Crippen molar-refractivity contribution in [2.24, 2.45) is 0 Å². The maximum atomic E-state index is 13.2. The highest BCUT2D eigenvalue weighted by molar-refractivity contribution is 9.10. The number of hydrogen-bond acceptors (Lipinski definition) is 1. The number of benzene rings is 2. The molecule has 1 amide bonds. The van der Waals surface area contributed by atoms with Crippen LogP contribution in [0.5, 0.6) is 0 Å². The van der Waals surface area contributed by atoms with Crippen LogP contribution in [0.1, 0.15) is 15.9 Å². The highest BCUT2D eigenvalue weighted by atomic mass is 79.9. The number of aromatic nitrogens is 1. The normalized spacial score (nSPS) is 10.8. The number of fused-ring (bicyclic) bond motifs is 1. The average Bonchev–Trinajstić information content (AvgIpc) is 2.92. The lowest BCUT2D eigenvalue weighted by Gasteiger charge is -2.07. The summed E-state index contributed by atoms with van der Waals surface area (Å²) in [5.74, 6) is -0.516. The van der Waals surface area contributed by atoms with E-state index >= 15 is 0 Å². The second kappa shape index (κ2) is 5.69. The van der Waals surface area contributed by atoms with E-state index in [2.05, 4.69) is 26.2 Å². The van der Waals surface area contributed by atoms with Crippen LogP contribution in [0.15, 0.2) is 53.1 Å². The van der Waals surface area contributed by atoms with Crippen LogP contribution >= 0.6 is 15.9 Å². The minimum absolute atomic E-state index is 0.191. The molecule has 0 aliphatic carbocycles. The number of H-pyrrole nitrogens is 1. The summed E-state index contributed by atoms with van der Waals surface area (Å²) in [5, 5.41) is 3.67. The molecule has 3 aromatic rings. The van der Waals surface area contributed by atoms with Gasteiger partial charge in [0, 0.05) is 28.1 Å². The number of carbonyl (C=O) groups is 1. The van der Waals surface area contributed by atoms with Crippen LogP contribution in [0.25, 0.3) is 10.9 Å². The number of para-hydroxylation sites is 1. The molecule has 0 aliphatic heterocycles. The maximum Gasteiger partial charge on any atom is 0.253 e. The van der Waals surface area contributed by atoms with Gasteiger partial charge < -0.3 is 10.3 Å². The van der Waals surface area contributed by atoms with Crippen molar-refractivity contribution in [2.45, 2.75) is 6.54 Å². The highest BCUT2D eigenvalue weighted by Gasteiger charge is 2.12. The molecular formula is C16H12BrFN2O. The van der Waals surface area contributed by atoms with Crippen molar-refractivity contribution < 1.29 is 9.18 Å². The van der Waals surface area contributed by atoms with E-state index in [0.29, 0.717) is 11.1 Å². The van der Waals surface area contributed by atoms with Crippen molar-refractivity contribution in [1.29, 1.82) is 0 Å². The molecule has 5 heteroatoms. The molecule has 0 unspecified atom stereocenters. The van der Waals surface area contributed by atoms with E-state index in [9.17, 15) is 9.18 Å². The largest absolute Gasteiger partial charge is 0.360 e. The summed E-state index contributed by atoms with van der Waals surface area (Å²) in [7, 11) is 0. The zero-order valence-corrected chi connectivity index (χ0v) is 12.6. The van der Waals surface area contributed by atoms with Crippen LogP contribution in [0.3, 0.4) is 0 Å². The first-order valence-electron chi connectivity index (χ1n) is 6.43. The smallest absolute Gasteiger partial charge is 0.253 e. The van der Waals surface area contributed by atoms with Crippen molar-refractivity contribution in [3.63, 3.8) is 0 Å². The number of amides is 1. The van der Waals surface area contributed by atoms with E-state index in [1.165, 1.54) is 12.1 Å². The molecule has 21 heavy (non-hydrogen) atoms. The fourth-order valence-corrected chi connectivity index (χ4v) is 2.60. The van der Waals surface area contributed by atoms with Gasteiger partial charge in [-0.05, 0) is 29.8 Å². The van der Waals surface area contributed by atoms with Crippen molar-refractivity contribution in [3.8, 4) is 0 Å². The Kier molecular flexibility index (Phi) is 3.75. The molecule has 3 rings (SSSR count). The minimum Gasteiger partial charge on any atom is -0.360 e. The summed E-state index contributed by atoms with van der Waals surface area (Å²) in [5.41, 5.74) is 2.19. The third-order valence-corrected chi connectivity index (χ3v) is 4.05. The molecular weight excluding hydrogens is 335 g/mol. The van der Waals surface area contributed by atoms with E-state index < -0.39 is 0 Å². The predicted octanol–water partition coefficient (Wildman–Crippen LogP) is 4.00. The lowest BCUT2D eigenvalue weighted by Crippen LogP contribution is -2.22. The van der Waals surface area contributed by atoms with Gasteiger partial charge in [-0.1, -0.05) is 34.1 Å². The predicted molar refractivity (Wildman–Crippen MR) is 83.6 cm³/mol. The summed E-state index contributed by atoms with van der Waals surface area (Å²) in [6.45, 7) is 0.261. The number of rotatable bonds is 3. The third kappa shape index (κ3) is 2.83.